The Morgan fingerprint density at radius 1 is 0.947 bits per heavy atom. The molecule has 5 fully saturated rings. The Balaban J connectivity index is 1.45. The number of carbonyl (C=O) groups is 1. The first kappa shape index (κ1) is 12.2. The van der Waals surface area contributed by atoms with Crippen LogP contribution in [0.3, 0.4) is 0 Å². The van der Waals surface area contributed by atoms with Gasteiger partial charge < -0.3 is 11.1 Å². The second-order valence-electron chi connectivity index (χ2n) is 7.67. The lowest BCUT2D eigenvalue weighted by Gasteiger charge is -2.53. The number of hydrogen-bond acceptors (Lipinski definition) is 2. The predicted molar refractivity (Wildman–Crippen MR) is 74.3 cm³/mol. The molecular weight excluding hydrogens is 236 g/mol. The van der Waals surface area contributed by atoms with E-state index in [0.717, 1.165) is 24.7 Å². The summed E-state index contributed by atoms with van der Waals surface area (Å²) in [6, 6.07) is 0.450. The van der Waals surface area contributed by atoms with E-state index < -0.39 is 0 Å². The molecule has 0 heterocycles. The molecule has 0 spiro atoms. The van der Waals surface area contributed by atoms with Crippen LogP contribution in [0.4, 0.5) is 0 Å². The van der Waals surface area contributed by atoms with Crippen LogP contribution in [0.2, 0.25) is 0 Å². The summed E-state index contributed by atoms with van der Waals surface area (Å²) < 4.78 is 0. The topological polar surface area (TPSA) is 55.1 Å². The third-order valence-corrected chi connectivity index (χ3v) is 6.43. The predicted octanol–water partition coefficient (Wildman–Crippen LogP) is 2.05. The van der Waals surface area contributed by atoms with Gasteiger partial charge >= 0.3 is 0 Å². The molecule has 3 heteroatoms. The van der Waals surface area contributed by atoms with Gasteiger partial charge in [-0.2, -0.15) is 0 Å². The number of nitrogens with two attached hydrogens (primary N) is 1. The first-order valence-electron chi connectivity index (χ1n) is 8.26. The van der Waals surface area contributed by atoms with Gasteiger partial charge in [0.05, 0.1) is 0 Å². The van der Waals surface area contributed by atoms with Crippen molar-refractivity contribution >= 4 is 5.91 Å². The molecule has 2 atom stereocenters. The standard InChI is InChI=1S/C16H26N2O/c17-13-2-1-3-14(13)18-16(19)15-11-5-9-4-10(7-11)8-12(15)6-9/h9-15H,1-8,17H2,(H,18,19). The Labute approximate surface area is 115 Å². The second kappa shape index (κ2) is 4.47. The molecule has 5 rings (SSSR count). The highest BCUT2D eigenvalue weighted by Crippen LogP contribution is 2.56. The summed E-state index contributed by atoms with van der Waals surface area (Å²) in [6.45, 7) is 0. The molecule has 4 bridgehead atoms. The van der Waals surface area contributed by atoms with Crippen molar-refractivity contribution < 1.29 is 4.79 Å². The average molecular weight is 262 g/mol. The van der Waals surface area contributed by atoms with E-state index in [9.17, 15) is 4.79 Å². The van der Waals surface area contributed by atoms with Gasteiger partial charge in [-0.05, 0) is 75.0 Å². The largest absolute Gasteiger partial charge is 0.352 e. The monoisotopic (exact) mass is 262 g/mol. The van der Waals surface area contributed by atoms with Crippen LogP contribution in [0.1, 0.15) is 51.4 Å². The summed E-state index contributed by atoms with van der Waals surface area (Å²) in [5.74, 6) is 3.93. The maximum Gasteiger partial charge on any atom is 0.223 e. The van der Waals surface area contributed by atoms with Gasteiger partial charge in [0.1, 0.15) is 0 Å². The molecule has 5 aliphatic rings. The molecule has 2 unspecified atom stereocenters. The zero-order valence-corrected chi connectivity index (χ0v) is 11.7. The third-order valence-electron chi connectivity index (χ3n) is 6.43. The SMILES string of the molecule is NC1CCCC1NC(=O)C1C2CC3CC(C2)CC1C3. The van der Waals surface area contributed by atoms with Crippen molar-refractivity contribution in [1.29, 1.82) is 0 Å². The first-order valence-corrected chi connectivity index (χ1v) is 8.26. The lowest BCUT2D eigenvalue weighted by atomic mass is 9.51. The highest BCUT2D eigenvalue weighted by Gasteiger charge is 2.51. The molecule has 3 N–H and O–H groups in total. The van der Waals surface area contributed by atoms with E-state index in [1.807, 2.05) is 0 Å². The van der Waals surface area contributed by atoms with E-state index in [0.29, 0.717) is 23.7 Å². The van der Waals surface area contributed by atoms with Gasteiger partial charge in [-0.1, -0.05) is 0 Å². The first-order chi connectivity index (χ1) is 9.20. The molecule has 5 aliphatic carbocycles. The van der Waals surface area contributed by atoms with E-state index in [1.54, 1.807) is 0 Å². The fourth-order valence-corrected chi connectivity index (χ4v) is 5.80. The lowest BCUT2D eigenvalue weighted by Crippen LogP contribution is -2.54. The Hall–Kier alpha value is -0.570. The summed E-state index contributed by atoms with van der Waals surface area (Å²) in [4.78, 5) is 12.7. The van der Waals surface area contributed by atoms with Crippen LogP contribution >= 0.6 is 0 Å². The summed E-state index contributed by atoms with van der Waals surface area (Å²) in [6.07, 6.45) is 10.1. The van der Waals surface area contributed by atoms with Crippen molar-refractivity contribution in [3.05, 3.63) is 0 Å². The molecule has 0 radical (unpaired) electrons. The minimum Gasteiger partial charge on any atom is -0.352 e. The maximum absolute atomic E-state index is 12.7. The molecular formula is C16H26N2O. The van der Waals surface area contributed by atoms with E-state index in [1.165, 1.54) is 38.5 Å². The average Bonchev–Trinajstić information content (AvgIpc) is 2.73. The third kappa shape index (κ3) is 2.01. The van der Waals surface area contributed by atoms with Gasteiger partial charge in [0.15, 0.2) is 0 Å². The number of hydrogen-bond donors (Lipinski definition) is 2. The summed E-state index contributed by atoms with van der Waals surface area (Å²) >= 11 is 0. The zero-order chi connectivity index (χ0) is 13.0. The van der Waals surface area contributed by atoms with Crippen LogP contribution in [-0.2, 0) is 4.79 Å². The molecule has 0 aromatic carbocycles. The molecule has 0 saturated heterocycles. The van der Waals surface area contributed by atoms with E-state index in [2.05, 4.69) is 5.32 Å². The van der Waals surface area contributed by atoms with Crippen LogP contribution in [0.5, 0.6) is 0 Å². The van der Waals surface area contributed by atoms with Gasteiger partial charge in [0, 0.05) is 18.0 Å². The zero-order valence-electron chi connectivity index (χ0n) is 11.7. The van der Waals surface area contributed by atoms with Crippen molar-refractivity contribution in [1.82, 2.24) is 5.32 Å². The van der Waals surface area contributed by atoms with Crippen LogP contribution < -0.4 is 11.1 Å². The minimum absolute atomic E-state index is 0.195. The smallest absolute Gasteiger partial charge is 0.223 e. The van der Waals surface area contributed by atoms with Crippen LogP contribution in [0.15, 0.2) is 0 Å². The van der Waals surface area contributed by atoms with Crippen molar-refractivity contribution in [3.8, 4) is 0 Å². The van der Waals surface area contributed by atoms with Crippen LogP contribution in [-0.4, -0.2) is 18.0 Å². The van der Waals surface area contributed by atoms with E-state index in [4.69, 9.17) is 5.73 Å². The Morgan fingerprint density at radius 3 is 2.11 bits per heavy atom. The Morgan fingerprint density at radius 2 is 1.58 bits per heavy atom. The van der Waals surface area contributed by atoms with E-state index >= 15 is 0 Å². The Kier molecular flexibility index (Phi) is 2.87. The molecule has 5 saturated carbocycles. The molecule has 19 heavy (non-hydrogen) atoms. The van der Waals surface area contributed by atoms with Crippen LogP contribution in [0.25, 0.3) is 0 Å². The van der Waals surface area contributed by atoms with Gasteiger partial charge in [0.25, 0.3) is 0 Å². The molecule has 1 amide bonds. The van der Waals surface area contributed by atoms with Crippen molar-refractivity contribution in [2.45, 2.75) is 63.5 Å². The van der Waals surface area contributed by atoms with E-state index in [-0.39, 0.29) is 12.1 Å². The second-order valence-corrected chi connectivity index (χ2v) is 7.67. The fraction of sp³-hybridized carbons (Fsp3) is 0.938. The summed E-state index contributed by atoms with van der Waals surface area (Å²) in [5, 5.41) is 3.29. The highest BCUT2D eigenvalue weighted by molar-refractivity contribution is 5.80. The lowest BCUT2D eigenvalue weighted by molar-refractivity contribution is -0.138. The molecule has 0 aromatic rings. The summed E-state index contributed by atoms with van der Waals surface area (Å²) in [5.41, 5.74) is 6.09. The molecule has 0 aromatic heterocycles. The maximum atomic E-state index is 12.7. The van der Waals surface area contributed by atoms with Crippen molar-refractivity contribution in [2.75, 3.05) is 0 Å². The van der Waals surface area contributed by atoms with Gasteiger partial charge in [-0.15, -0.1) is 0 Å². The van der Waals surface area contributed by atoms with Gasteiger partial charge in [-0.25, -0.2) is 0 Å². The summed E-state index contributed by atoms with van der Waals surface area (Å²) in [7, 11) is 0. The van der Waals surface area contributed by atoms with Gasteiger partial charge in [0.2, 0.25) is 5.91 Å². The number of amides is 1. The minimum atomic E-state index is 0.195. The van der Waals surface area contributed by atoms with Gasteiger partial charge in [-0.3, -0.25) is 4.79 Å². The number of rotatable bonds is 2. The van der Waals surface area contributed by atoms with Crippen LogP contribution in [0, 0.1) is 29.6 Å². The molecule has 106 valence electrons. The number of carbonyl (C=O) groups excluding carboxylic acids is 1. The highest BCUT2D eigenvalue weighted by atomic mass is 16.2. The van der Waals surface area contributed by atoms with Crippen molar-refractivity contribution in [3.63, 3.8) is 0 Å². The molecule has 3 nitrogen and oxygen atoms in total. The normalized spacial score (nSPS) is 51.5. The van der Waals surface area contributed by atoms with Crippen molar-refractivity contribution in [2.24, 2.45) is 35.3 Å². The fourth-order valence-electron chi connectivity index (χ4n) is 5.80. The quantitative estimate of drug-likeness (QED) is 0.800. The Bertz CT molecular complexity index is 353. The number of nitrogens with one attached hydrogen (secondary N) is 1. The molecule has 0 aliphatic heterocycles.